The van der Waals surface area contributed by atoms with Gasteiger partial charge in [0.15, 0.2) is 0 Å². The molecule has 1 atom stereocenters. The van der Waals surface area contributed by atoms with E-state index >= 15 is 0 Å². The predicted octanol–water partition coefficient (Wildman–Crippen LogP) is 1.15. The van der Waals surface area contributed by atoms with E-state index in [0.717, 1.165) is 36.4 Å². The van der Waals surface area contributed by atoms with Crippen molar-refractivity contribution in [2.45, 2.75) is 19.9 Å². The summed E-state index contributed by atoms with van der Waals surface area (Å²) < 4.78 is 0. The van der Waals surface area contributed by atoms with Crippen LogP contribution in [0.15, 0.2) is 18.2 Å². The zero-order valence-corrected chi connectivity index (χ0v) is 11.3. The molecule has 0 spiro atoms. The number of likely N-dealkylation sites (N-methyl/N-ethyl adjacent to an activating group) is 1. The molecule has 1 unspecified atom stereocenters. The van der Waals surface area contributed by atoms with E-state index in [4.69, 9.17) is 0 Å². The molecule has 1 amide bonds. The smallest absolute Gasteiger partial charge is 0.242 e. The molecule has 1 aliphatic rings. The highest BCUT2D eigenvalue weighted by atomic mass is 16.2. The number of aryl methyl sites for hydroxylation is 2. The molecule has 4 heteroatoms. The van der Waals surface area contributed by atoms with Gasteiger partial charge in [0.1, 0.15) is 0 Å². The second kappa shape index (κ2) is 5.50. The summed E-state index contributed by atoms with van der Waals surface area (Å²) in [5.41, 5.74) is 3.15. The fraction of sp³-hybridized carbons (Fsp3) is 0.500. The number of nitrogens with one attached hydrogen (secondary N) is 2. The number of carbonyl (C=O) groups is 1. The normalized spacial score (nSPS) is 20.7. The first-order valence-corrected chi connectivity index (χ1v) is 6.37. The van der Waals surface area contributed by atoms with Gasteiger partial charge >= 0.3 is 0 Å². The Balaban J connectivity index is 2.07. The molecule has 1 aromatic carbocycles. The minimum Gasteiger partial charge on any atom is -0.324 e. The fourth-order valence-corrected chi connectivity index (χ4v) is 2.29. The maximum atomic E-state index is 12.2. The predicted molar refractivity (Wildman–Crippen MR) is 73.8 cm³/mol. The molecule has 0 bridgehead atoms. The van der Waals surface area contributed by atoms with Crippen LogP contribution in [0.3, 0.4) is 0 Å². The van der Waals surface area contributed by atoms with Gasteiger partial charge in [-0.05, 0) is 32.0 Å². The lowest BCUT2D eigenvalue weighted by Gasteiger charge is -2.30. The first-order valence-electron chi connectivity index (χ1n) is 6.37. The fourth-order valence-electron chi connectivity index (χ4n) is 2.29. The monoisotopic (exact) mass is 247 g/mol. The Bertz CT molecular complexity index is 424. The summed E-state index contributed by atoms with van der Waals surface area (Å²) in [6, 6.07) is 5.92. The number of para-hydroxylation sites is 1. The number of rotatable bonds is 2. The van der Waals surface area contributed by atoms with Crippen molar-refractivity contribution in [1.29, 1.82) is 0 Å². The minimum absolute atomic E-state index is 0.0546. The quantitative estimate of drug-likeness (QED) is 0.824. The summed E-state index contributed by atoms with van der Waals surface area (Å²) >= 11 is 0. The number of hydrogen-bond donors (Lipinski definition) is 2. The van der Waals surface area contributed by atoms with Crippen LogP contribution in [0.1, 0.15) is 11.1 Å². The van der Waals surface area contributed by atoms with Gasteiger partial charge in [-0.1, -0.05) is 18.2 Å². The molecule has 0 aromatic heterocycles. The highest BCUT2D eigenvalue weighted by Crippen LogP contribution is 2.19. The number of nitrogens with zero attached hydrogens (tertiary/aromatic N) is 1. The largest absolute Gasteiger partial charge is 0.324 e. The van der Waals surface area contributed by atoms with Crippen LogP contribution in [0, 0.1) is 13.8 Å². The third kappa shape index (κ3) is 2.89. The van der Waals surface area contributed by atoms with Crippen LogP contribution >= 0.6 is 0 Å². The average Bonchev–Trinajstić information content (AvgIpc) is 2.34. The van der Waals surface area contributed by atoms with Crippen molar-refractivity contribution in [3.05, 3.63) is 29.3 Å². The Morgan fingerprint density at radius 3 is 2.67 bits per heavy atom. The first-order chi connectivity index (χ1) is 8.58. The van der Waals surface area contributed by atoms with Gasteiger partial charge < -0.3 is 15.5 Å². The lowest BCUT2D eigenvalue weighted by atomic mass is 10.1. The molecule has 1 saturated heterocycles. The third-order valence-corrected chi connectivity index (χ3v) is 3.42. The molecule has 0 saturated carbocycles. The second-order valence-corrected chi connectivity index (χ2v) is 5.03. The zero-order valence-electron chi connectivity index (χ0n) is 11.3. The summed E-state index contributed by atoms with van der Waals surface area (Å²) in [5.74, 6) is 0.0546. The van der Waals surface area contributed by atoms with Gasteiger partial charge in [-0.2, -0.15) is 0 Å². The number of anilines is 1. The van der Waals surface area contributed by atoms with Crippen molar-refractivity contribution < 1.29 is 4.79 Å². The van der Waals surface area contributed by atoms with Gasteiger partial charge in [0, 0.05) is 25.3 Å². The van der Waals surface area contributed by atoms with Crippen LogP contribution in [-0.2, 0) is 4.79 Å². The van der Waals surface area contributed by atoms with Crippen molar-refractivity contribution in [2.75, 3.05) is 32.0 Å². The summed E-state index contributed by atoms with van der Waals surface area (Å²) in [7, 11) is 2.04. The lowest BCUT2D eigenvalue weighted by molar-refractivity contribution is -0.119. The highest BCUT2D eigenvalue weighted by Gasteiger charge is 2.23. The molecular formula is C14H21N3O. The van der Waals surface area contributed by atoms with E-state index in [0.29, 0.717) is 0 Å². The van der Waals surface area contributed by atoms with Gasteiger partial charge in [0.2, 0.25) is 5.91 Å². The van der Waals surface area contributed by atoms with E-state index in [9.17, 15) is 4.79 Å². The molecule has 18 heavy (non-hydrogen) atoms. The molecule has 2 rings (SSSR count). The third-order valence-electron chi connectivity index (χ3n) is 3.42. The van der Waals surface area contributed by atoms with Crippen LogP contribution in [0.2, 0.25) is 0 Å². The van der Waals surface area contributed by atoms with E-state index in [-0.39, 0.29) is 11.9 Å². The van der Waals surface area contributed by atoms with Crippen LogP contribution in [0.5, 0.6) is 0 Å². The molecule has 98 valence electrons. The molecule has 2 N–H and O–H groups in total. The molecular weight excluding hydrogens is 226 g/mol. The van der Waals surface area contributed by atoms with Crippen LogP contribution < -0.4 is 10.6 Å². The summed E-state index contributed by atoms with van der Waals surface area (Å²) in [4.78, 5) is 14.4. The summed E-state index contributed by atoms with van der Waals surface area (Å²) in [6.07, 6.45) is 0. The van der Waals surface area contributed by atoms with Crippen molar-refractivity contribution in [3.8, 4) is 0 Å². The van der Waals surface area contributed by atoms with E-state index in [2.05, 4.69) is 15.5 Å². The number of carbonyl (C=O) groups excluding carboxylic acids is 1. The number of hydrogen-bond acceptors (Lipinski definition) is 3. The molecule has 1 heterocycles. The topological polar surface area (TPSA) is 44.4 Å². The zero-order chi connectivity index (χ0) is 13.1. The molecule has 4 nitrogen and oxygen atoms in total. The standard InChI is InChI=1S/C14H21N3O/c1-10-5-4-6-11(2)13(10)16-14(18)12-9-17(3)8-7-15-12/h4-6,12,15H,7-9H2,1-3H3,(H,16,18). The van der Waals surface area contributed by atoms with E-state index < -0.39 is 0 Å². The Kier molecular flexibility index (Phi) is 3.99. The Morgan fingerprint density at radius 1 is 1.39 bits per heavy atom. The number of piperazine rings is 1. The number of amides is 1. The highest BCUT2D eigenvalue weighted by molar-refractivity contribution is 5.96. The van der Waals surface area contributed by atoms with Gasteiger partial charge in [-0.25, -0.2) is 0 Å². The van der Waals surface area contributed by atoms with Gasteiger partial charge in [0.25, 0.3) is 0 Å². The van der Waals surface area contributed by atoms with E-state index in [1.165, 1.54) is 0 Å². The molecule has 1 aliphatic heterocycles. The Labute approximate surface area is 108 Å². The second-order valence-electron chi connectivity index (χ2n) is 5.03. The first kappa shape index (κ1) is 13.1. The average molecular weight is 247 g/mol. The maximum Gasteiger partial charge on any atom is 0.242 e. The molecule has 0 radical (unpaired) electrons. The summed E-state index contributed by atoms with van der Waals surface area (Å²) in [5, 5.41) is 6.30. The maximum absolute atomic E-state index is 12.2. The van der Waals surface area contributed by atoms with Gasteiger partial charge in [0.05, 0.1) is 6.04 Å². The number of benzene rings is 1. The van der Waals surface area contributed by atoms with Crippen molar-refractivity contribution >= 4 is 11.6 Å². The van der Waals surface area contributed by atoms with Crippen molar-refractivity contribution in [1.82, 2.24) is 10.2 Å². The minimum atomic E-state index is -0.122. The Hall–Kier alpha value is -1.39. The SMILES string of the molecule is Cc1cccc(C)c1NC(=O)C1CN(C)CCN1. The lowest BCUT2D eigenvalue weighted by Crippen LogP contribution is -2.54. The van der Waals surface area contributed by atoms with Crippen molar-refractivity contribution in [3.63, 3.8) is 0 Å². The van der Waals surface area contributed by atoms with E-state index in [1.807, 2.05) is 39.1 Å². The van der Waals surface area contributed by atoms with Crippen molar-refractivity contribution in [2.24, 2.45) is 0 Å². The van der Waals surface area contributed by atoms with Crippen LogP contribution in [0.4, 0.5) is 5.69 Å². The van der Waals surface area contributed by atoms with Gasteiger partial charge in [-0.15, -0.1) is 0 Å². The van der Waals surface area contributed by atoms with Gasteiger partial charge in [-0.3, -0.25) is 4.79 Å². The summed E-state index contributed by atoms with van der Waals surface area (Å²) in [6.45, 7) is 6.65. The van der Waals surface area contributed by atoms with Crippen LogP contribution in [-0.4, -0.2) is 43.5 Å². The van der Waals surface area contributed by atoms with E-state index in [1.54, 1.807) is 0 Å². The molecule has 1 aromatic rings. The molecule has 0 aliphatic carbocycles. The Morgan fingerprint density at radius 2 is 2.06 bits per heavy atom. The van der Waals surface area contributed by atoms with Crippen LogP contribution in [0.25, 0.3) is 0 Å². The molecule has 1 fully saturated rings.